The van der Waals surface area contributed by atoms with Gasteiger partial charge in [-0.05, 0) is 39.7 Å². The predicted molar refractivity (Wildman–Crippen MR) is 63.8 cm³/mol. The Kier molecular flexibility index (Phi) is 3.78. The second-order valence-corrected chi connectivity index (χ2v) is 4.65. The van der Waals surface area contributed by atoms with Crippen molar-refractivity contribution in [3.63, 3.8) is 0 Å². The van der Waals surface area contributed by atoms with Gasteiger partial charge in [0.1, 0.15) is 0 Å². The lowest BCUT2D eigenvalue weighted by Crippen LogP contribution is -2.41. The van der Waals surface area contributed by atoms with E-state index in [4.69, 9.17) is 4.52 Å². The Morgan fingerprint density at radius 2 is 2.00 bits per heavy atom. The molecule has 0 unspecified atom stereocenters. The Labute approximate surface area is 101 Å². The molecular formula is C12H19N3O2. The van der Waals surface area contributed by atoms with E-state index in [0.717, 1.165) is 31.2 Å². The molecule has 1 saturated carbocycles. The summed E-state index contributed by atoms with van der Waals surface area (Å²) in [6, 6.07) is 0.853. The Balaban J connectivity index is 1.86. The third-order valence-electron chi connectivity index (χ3n) is 3.43. The summed E-state index contributed by atoms with van der Waals surface area (Å²) in [6.45, 7) is 1.82. The van der Waals surface area contributed by atoms with Crippen molar-refractivity contribution in [2.24, 2.45) is 0 Å². The maximum absolute atomic E-state index is 11.9. The molecule has 2 N–H and O–H groups in total. The fraction of sp³-hybridized carbons (Fsp3) is 0.667. The molecule has 0 radical (unpaired) electrons. The predicted octanol–water partition coefficient (Wildman–Crippen LogP) is 1.24. The van der Waals surface area contributed by atoms with Crippen LogP contribution in [0.2, 0.25) is 0 Å². The van der Waals surface area contributed by atoms with Gasteiger partial charge >= 0.3 is 0 Å². The van der Waals surface area contributed by atoms with Crippen molar-refractivity contribution in [1.29, 1.82) is 0 Å². The van der Waals surface area contributed by atoms with Gasteiger partial charge in [-0.1, -0.05) is 5.16 Å². The quantitative estimate of drug-likeness (QED) is 0.830. The Morgan fingerprint density at radius 3 is 2.53 bits per heavy atom. The second-order valence-electron chi connectivity index (χ2n) is 4.65. The Hall–Kier alpha value is -1.36. The maximum atomic E-state index is 11.9. The van der Waals surface area contributed by atoms with Gasteiger partial charge in [0.2, 0.25) is 5.76 Å². The lowest BCUT2D eigenvalue weighted by Gasteiger charge is -2.28. The molecule has 0 saturated heterocycles. The van der Waals surface area contributed by atoms with Gasteiger partial charge in [-0.3, -0.25) is 4.79 Å². The summed E-state index contributed by atoms with van der Waals surface area (Å²) in [6.07, 6.45) is 5.81. The summed E-state index contributed by atoms with van der Waals surface area (Å²) in [4.78, 5) is 11.9. The molecule has 0 atom stereocenters. The van der Waals surface area contributed by atoms with E-state index in [9.17, 15) is 4.79 Å². The molecule has 0 aromatic carbocycles. The summed E-state index contributed by atoms with van der Waals surface area (Å²) >= 11 is 0. The van der Waals surface area contributed by atoms with E-state index in [1.807, 2.05) is 14.0 Å². The first-order chi connectivity index (χ1) is 8.20. The monoisotopic (exact) mass is 237 g/mol. The smallest absolute Gasteiger partial charge is 0.290 e. The Morgan fingerprint density at radius 1 is 1.35 bits per heavy atom. The number of aromatic nitrogens is 1. The standard InChI is InChI=1S/C12H19N3O2/c1-8-7-14-17-11(8)12(16)15-10-5-3-9(13-2)4-6-10/h7,9-10,13H,3-6H2,1-2H3,(H,15,16). The molecular weight excluding hydrogens is 218 g/mol. The molecule has 1 aromatic rings. The number of aryl methyl sites for hydroxylation is 1. The lowest BCUT2D eigenvalue weighted by atomic mass is 9.91. The van der Waals surface area contributed by atoms with E-state index < -0.39 is 0 Å². The molecule has 2 rings (SSSR count). The van der Waals surface area contributed by atoms with Gasteiger partial charge in [0.15, 0.2) is 0 Å². The van der Waals surface area contributed by atoms with Crippen LogP contribution in [0.1, 0.15) is 41.8 Å². The highest BCUT2D eigenvalue weighted by molar-refractivity contribution is 5.92. The van der Waals surface area contributed by atoms with Crippen molar-refractivity contribution in [2.75, 3.05) is 7.05 Å². The van der Waals surface area contributed by atoms with Crippen molar-refractivity contribution in [3.8, 4) is 0 Å². The third-order valence-corrected chi connectivity index (χ3v) is 3.43. The summed E-state index contributed by atoms with van der Waals surface area (Å²) in [5, 5.41) is 9.89. The minimum Gasteiger partial charge on any atom is -0.351 e. The number of carbonyl (C=O) groups is 1. The minimum absolute atomic E-state index is 0.145. The molecule has 0 aliphatic heterocycles. The zero-order valence-electron chi connectivity index (χ0n) is 10.3. The van der Waals surface area contributed by atoms with E-state index in [-0.39, 0.29) is 11.9 Å². The highest BCUT2D eigenvalue weighted by Gasteiger charge is 2.23. The average Bonchev–Trinajstić information content (AvgIpc) is 2.76. The van der Waals surface area contributed by atoms with Gasteiger partial charge < -0.3 is 15.2 Å². The molecule has 94 valence electrons. The fourth-order valence-corrected chi connectivity index (χ4v) is 2.29. The lowest BCUT2D eigenvalue weighted by molar-refractivity contribution is 0.0886. The minimum atomic E-state index is -0.145. The van der Waals surface area contributed by atoms with E-state index in [1.165, 1.54) is 0 Å². The van der Waals surface area contributed by atoms with Gasteiger partial charge in [0.25, 0.3) is 5.91 Å². The van der Waals surface area contributed by atoms with Gasteiger partial charge in [0.05, 0.1) is 6.20 Å². The topological polar surface area (TPSA) is 67.2 Å². The Bertz CT molecular complexity index is 381. The van der Waals surface area contributed by atoms with Gasteiger partial charge in [-0.15, -0.1) is 0 Å². The van der Waals surface area contributed by atoms with Gasteiger partial charge in [-0.25, -0.2) is 0 Å². The highest BCUT2D eigenvalue weighted by atomic mass is 16.5. The van der Waals surface area contributed by atoms with Crippen LogP contribution in [0, 0.1) is 6.92 Å². The van der Waals surface area contributed by atoms with Crippen LogP contribution in [-0.4, -0.2) is 30.2 Å². The zero-order valence-corrected chi connectivity index (χ0v) is 10.3. The maximum Gasteiger partial charge on any atom is 0.290 e. The summed E-state index contributed by atoms with van der Waals surface area (Å²) in [5.74, 6) is 0.189. The van der Waals surface area contributed by atoms with E-state index in [0.29, 0.717) is 11.8 Å². The molecule has 5 nitrogen and oxygen atoms in total. The number of hydrogen-bond acceptors (Lipinski definition) is 4. The van der Waals surface area contributed by atoms with Crippen molar-refractivity contribution < 1.29 is 9.32 Å². The normalized spacial score (nSPS) is 24.6. The average molecular weight is 237 g/mol. The molecule has 1 aromatic heterocycles. The fourth-order valence-electron chi connectivity index (χ4n) is 2.29. The van der Waals surface area contributed by atoms with Crippen LogP contribution in [0.25, 0.3) is 0 Å². The van der Waals surface area contributed by atoms with Crippen LogP contribution in [0.3, 0.4) is 0 Å². The molecule has 5 heteroatoms. The highest BCUT2D eigenvalue weighted by Crippen LogP contribution is 2.19. The van der Waals surface area contributed by atoms with Crippen LogP contribution < -0.4 is 10.6 Å². The van der Waals surface area contributed by atoms with Crippen LogP contribution in [0.15, 0.2) is 10.7 Å². The number of amides is 1. The van der Waals surface area contributed by atoms with Gasteiger partial charge in [0, 0.05) is 17.6 Å². The van der Waals surface area contributed by atoms with E-state index in [1.54, 1.807) is 6.20 Å². The number of rotatable bonds is 3. The van der Waals surface area contributed by atoms with Crippen LogP contribution in [0.5, 0.6) is 0 Å². The van der Waals surface area contributed by atoms with E-state index in [2.05, 4.69) is 15.8 Å². The molecule has 1 fully saturated rings. The zero-order chi connectivity index (χ0) is 12.3. The van der Waals surface area contributed by atoms with Crippen molar-refractivity contribution in [2.45, 2.75) is 44.7 Å². The largest absolute Gasteiger partial charge is 0.351 e. The first-order valence-electron chi connectivity index (χ1n) is 6.10. The molecule has 0 bridgehead atoms. The van der Waals surface area contributed by atoms with Crippen molar-refractivity contribution >= 4 is 5.91 Å². The second kappa shape index (κ2) is 5.31. The van der Waals surface area contributed by atoms with Crippen LogP contribution in [-0.2, 0) is 0 Å². The summed E-state index contributed by atoms with van der Waals surface area (Å²) < 4.78 is 4.94. The number of carbonyl (C=O) groups excluding carboxylic acids is 1. The molecule has 17 heavy (non-hydrogen) atoms. The summed E-state index contributed by atoms with van der Waals surface area (Å²) in [5.41, 5.74) is 0.784. The van der Waals surface area contributed by atoms with Crippen LogP contribution in [0.4, 0.5) is 0 Å². The molecule has 0 spiro atoms. The first kappa shape index (κ1) is 12.1. The SMILES string of the molecule is CNC1CCC(NC(=O)c2oncc2C)CC1. The number of hydrogen-bond donors (Lipinski definition) is 2. The van der Waals surface area contributed by atoms with Crippen molar-refractivity contribution in [1.82, 2.24) is 15.8 Å². The van der Waals surface area contributed by atoms with Gasteiger partial charge in [-0.2, -0.15) is 0 Å². The first-order valence-corrected chi connectivity index (χ1v) is 6.10. The molecule has 1 aliphatic rings. The van der Waals surface area contributed by atoms with Crippen LogP contribution >= 0.6 is 0 Å². The van der Waals surface area contributed by atoms with Crippen molar-refractivity contribution in [3.05, 3.63) is 17.5 Å². The number of nitrogens with one attached hydrogen (secondary N) is 2. The van der Waals surface area contributed by atoms with E-state index >= 15 is 0 Å². The third kappa shape index (κ3) is 2.85. The molecule has 1 heterocycles. The number of nitrogens with zero attached hydrogens (tertiary/aromatic N) is 1. The summed E-state index contributed by atoms with van der Waals surface area (Å²) in [7, 11) is 1.99. The molecule has 1 amide bonds. The molecule has 1 aliphatic carbocycles.